The molecule has 2 aromatic rings. The van der Waals surface area contributed by atoms with Gasteiger partial charge in [0, 0.05) is 13.1 Å². The fourth-order valence-electron chi connectivity index (χ4n) is 1.76. The van der Waals surface area contributed by atoms with E-state index in [4.69, 9.17) is 9.47 Å². The number of sulfonamides is 1. The molecule has 21 heavy (non-hydrogen) atoms. The fraction of sp³-hybridized carbons (Fsp3) is 0.333. The molecule has 1 aromatic heterocycles. The summed E-state index contributed by atoms with van der Waals surface area (Å²) in [7, 11) is 0.743. The van der Waals surface area contributed by atoms with Crippen molar-refractivity contribution in [3.05, 3.63) is 30.4 Å². The molecule has 1 aromatic carbocycles. The van der Waals surface area contributed by atoms with Crippen LogP contribution in [0.1, 0.15) is 5.82 Å². The molecule has 0 unspecified atom stereocenters. The number of hydrogen-bond acceptors (Lipinski definition) is 6. The number of nitrogens with one attached hydrogen (secondary N) is 1. The number of rotatable bonds is 6. The summed E-state index contributed by atoms with van der Waals surface area (Å²) in [4.78, 5) is 4.02. The molecule has 0 amide bonds. The highest BCUT2D eigenvalue weighted by Crippen LogP contribution is 2.30. The van der Waals surface area contributed by atoms with E-state index >= 15 is 0 Å². The molecular weight excluding hydrogens is 296 g/mol. The average molecular weight is 312 g/mol. The molecule has 114 valence electrons. The summed E-state index contributed by atoms with van der Waals surface area (Å²) in [5.74, 6) is 1.28. The van der Waals surface area contributed by atoms with E-state index in [0.29, 0.717) is 17.3 Å². The fourth-order valence-corrected chi connectivity index (χ4v) is 2.91. The highest BCUT2D eigenvalue weighted by Gasteiger charge is 2.23. The Hall–Kier alpha value is -2.13. The van der Waals surface area contributed by atoms with Crippen LogP contribution in [0.3, 0.4) is 0 Å². The van der Waals surface area contributed by atoms with Crippen molar-refractivity contribution in [1.29, 1.82) is 0 Å². The molecule has 0 radical (unpaired) electrons. The molecule has 0 aliphatic heterocycles. The minimum absolute atomic E-state index is 0.0939. The zero-order valence-electron chi connectivity index (χ0n) is 11.9. The molecule has 1 N–H and O–H groups in total. The van der Waals surface area contributed by atoms with Crippen LogP contribution in [0.5, 0.6) is 11.5 Å². The maximum atomic E-state index is 12.5. The van der Waals surface area contributed by atoms with Crippen molar-refractivity contribution in [3.8, 4) is 11.5 Å². The van der Waals surface area contributed by atoms with E-state index in [-0.39, 0.29) is 11.4 Å². The number of aromatic nitrogens is 3. The Morgan fingerprint density at radius 2 is 1.95 bits per heavy atom. The molecule has 0 aliphatic rings. The molecule has 0 fully saturated rings. The number of benzene rings is 1. The van der Waals surface area contributed by atoms with E-state index in [9.17, 15) is 8.42 Å². The number of hydrogen-bond donors (Lipinski definition) is 1. The first-order chi connectivity index (χ1) is 9.98. The van der Waals surface area contributed by atoms with Crippen LogP contribution < -0.4 is 9.47 Å². The zero-order valence-corrected chi connectivity index (χ0v) is 12.7. The highest BCUT2D eigenvalue weighted by atomic mass is 32.2. The summed E-state index contributed by atoms with van der Waals surface area (Å²) < 4.78 is 36.4. The minimum atomic E-state index is -3.66. The van der Waals surface area contributed by atoms with Crippen molar-refractivity contribution in [2.45, 2.75) is 11.4 Å². The Balaban J connectivity index is 2.30. The van der Waals surface area contributed by atoms with Gasteiger partial charge in [0.05, 0.1) is 25.7 Å². The van der Waals surface area contributed by atoms with Gasteiger partial charge in [-0.2, -0.15) is 9.40 Å². The van der Waals surface area contributed by atoms with Crippen molar-refractivity contribution in [2.75, 3.05) is 21.3 Å². The third-order valence-electron chi connectivity index (χ3n) is 2.90. The van der Waals surface area contributed by atoms with Gasteiger partial charge in [0.25, 0.3) is 0 Å². The van der Waals surface area contributed by atoms with E-state index in [1.165, 1.54) is 44.0 Å². The molecular formula is C12H16N4O4S. The Kier molecular flexibility index (Phi) is 4.43. The Labute approximate surface area is 122 Å². The molecule has 0 saturated heterocycles. The Morgan fingerprint density at radius 3 is 2.52 bits per heavy atom. The van der Waals surface area contributed by atoms with Gasteiger partial charge in [0.1, 0.15) is 12.2 Å². The van der Waals surface area contributed by atoms with Gasteiger partial charge in [0.15, 0.2) is 11.5 Å². The van der Waals surface area contributed by atoms with Gasteiger partial charge in [-0.15, -0.1) is 0 Å². The normalized spacial score (nSPS) is 11.6. The molecule has 1 heterocycles. The van der Waals surface area contributed by atoms with Crippen LogP contribution in [0.15, 0.2) is 29.4 Å². The molecule has 0 aliphatic carbocycles. The van der Waals surface area contributed by atoms with E-state index in [1.54, 1.807) is 6.07 Å². The van der Waals surface area contributed by atoms with Crippen LogP contribution in [-0.4, -0.2) is 49.2 Å². The first kappa shape index (κ1) is 15.3. The van der Waals surface area contributed by atoms with Gasteiger partial charge < -0.3 is 9.47 Å². The van der Waals surface area contributed by atoms with Crippen LogP contribution >= 0.6 is 0 Å². The predicted molar refractivity (Wildman–Crippen MR) is 74.6 cm³/mol. The second kappa shape index (κ2) is 6.10. The number of methoxy groups -OCH3 is 2. The van der Waals surface area contributed by atoms with Crippen LogP contribution in [0.25, 0.3) is 0 Å². The third kappa shape index (κ3) is 3.14. The van der Waals surface area contributed by atoms with Crippen molar-refractivity contribution in [2.24, 2.45) is 0 Å². The van der Waals surface area contributed by atoms with Gasteiger partial charge in [0.2, 0.25) is 10.0 Å². The maximum Gasteiger partial charge on any atom is 0.243 e. The Bertz CT molecular complexity index is 700. The second-order valence-corrected chi connectivity index (χ2v) is 6.25. The first-order valence-corrected chi connectivity index (χ1v) is 7.45. The minimum Gasteiger partial charge on any atom is -0.493 e. The lowest BCUT2D eigenvalue weighted by Gasteiger charge is -2.17. The molecule has 2 rings (SSSR count). The standard InChI is InChI=1S/C12H16N4O4S/c1-16(7-12-13-8-14-15-12)21(17,18)9-4-5-10(19-2)11(6-9)20-3/h4-6,8H,7H2,1-3H3,(H,13,14,15). The topological polar surface area (TPSA) is 97.4 Å². The lowest BCUT2D eigenvalue weighted by Crippen LogP contribution is -2.27. The van der Waals surface area contributed by atoms with Gasteiger partial charge in [-0.05, 0) is 12.1 Å². The van der Waals surface area contributed by atoms with E-state index < -0.39 is 10.0 Å². The number of nitrogens with zero attached hydrogens (tertiary/aromatic N) is 3. The highest BCUT2D eigenvalue weighted by molar-refractivity contribution is 7.89. The van der Waals surface area contributed by atoms with Crippen LogP contribution in [0.2, 0.25) is 0 Å². The Morgan fingerprint density at radius 1 is 1.24 bits per heavy atom. The van der Waals surface area contributed by atoms with Gasteiger partial charge >= 0.3 is 0 Å². The molecule has 0 saturated carbocycles. The first-order valence-electron chi connectivity index (χ1n) is 6.01. The zero-order chi connectivity index (χ0) is 15.5. The van der Waals surface area contributed by atoms with E-state index in [0.717, 1.165) is 0 Å². The maximum absolute atomic E-state index is 12.5. The van der Waals surface area contributed by atoms with Gasteiger partial charge in [-0.1, -0.05) is 0 Å². The van der Waals surface area contributed by atoms with Crippen LogP contribution in [-0.2, 0) is 16.6 Å². The number of H-pyrrole nitrogens is 1. The van der Waals surface area contributed by atoms with Crippen LogP contribution in [0.4, 0.5) is 0 Å². The van der Waals surface area contributed by atoms with E-state index in [1.807, 2.05) is 0 Å². The second-order valence-electron chi connectivity index (χ2n) is 4.21. The summed E-state index contributed by atoms with van der Waals surface area (Å²) in [6.45, 7) is 0.0939. The lowest BCUT2D eigenvalue weighted by molar-refractivity contribution is 0.353. The molecule has 0 spiro atoms. The lowest BCUT2D eigenvalue weighted by atomic mass is 10.3. The van der Waals surface area contributed by atoms with Gasteiger partial charge in [-0.25, -0.2) is 13.4 Å². The summed E-state index contributed by atoms with van der Waals surface area (Å²) in [6.07, 6.45) is 1.33. The summed E-state index contributed by atoms with van der Waals surface area (Å²) in [5.41, 5.74) is 0. The van der Waals surface area contributed by atoms with Crippen LogP contribution in [0, 0.1) is 0 Å². The van der Waals surface area contributed by atoms with Crippen molar-refractivity contribution < 1.29 is 17.9 Å². The third-order valence-corrected chi connectivity index (χ3v) is 4.70. The molecule has 0 atom stereocenters. The summed E-state index contributed by atoms with van der Waals surface area (Å²) >= 11 is 0. The predicted octanol–water partition coefficient (Wildman–Crippen LogP) is 0.643. The van der Waals surface area contributed by atoms with Crippen molar-refractivity contribution in [3.63, 3.8) is 0 Å². The average Bonchev–Trinajstić information content (AvgIpc) is 2.99. The largest absolute Gasteiger partial charge is 0.493 e. The van der Waals surface area contributed by atoms with E-state index in [2.05, 4.69) is 15.2 Å². The van der Waals surface area contributed by atoms with Crippen molar-refractivity contribution in [1.82, 2.24) is 19.5 Å². The SMILES string of the molecule is COc1ccc(S(=O)(=O)N(C)Cc2ncn[nH]2)cc1OC. The molecule has 8 nitrogen and oxygen atoms in total. The molecule has 0 bridgehead atoms. The summed E-state index contributed by atoms with van der Waals surface area (Å²) in [6, 6.07) is 4.44. The quantitative estimate of drug-likeness (QED) is 0.841. The number of ether oxygens (including phenoxy) is 2. The van der Waals surface area contributed by atoms with Crippen molar-refractivity contribution >= 4 is 10.0 Å². The summed E-state index contributed by atoms with van der Waals surface area (Å²) in [5, 5.41) is 6.31. The monoisotopic (exact) mass is 312 g/mol. The number of aromatic amines is 1. The smallest absolute Gasteiger partial charge is 0.243 e. The van der Waals surface area contributed by atoms with Gasteiger partial charge in [-0.3, -0.25) is 5.10 Å². The molecule has 9 heteroatoms.